The molecule has 1 saturated heterocycles. The quantitative estimate of drug-likeness (QED) is 0.751. The first kappa shape index (κ1) is 18.4. The highest BCUT2D eigenvalue weighted by Crippen LogP contribution is 2.60. The third kappa shape index (κ3) is 3.41. The number of carbonyl (C=O) groups is 2. The van der Waals surface area contributed by atoms with E-state index in [1.165, 1.54) is 19.3 Å². The topological polar surface area (TPSA) is 55.4 Å². The number of hydrogen-bond acceptors (Lipinski definition) is 4. The maximum atomic E-state index is 13.6. The predicted octanol–water partition coefficient (Wildman–Crippen LogP) is 4.20. The van der Waals surface area contributed by atoms with E-state index >= 15 is 0 Å². The largest absolute Gasteiger partial charge is 0.456 e. The summed E-state index contributed by atoms with van der Waals surface area (Å²) in [6.07, 6.45) is 8.88. The number of ether oxygens (including phenoxy) is 1. The molecule has 6 rings (SSSR count). The first-order valence-electron chi connectivity index (χ1n) is 11.1. The van der Waals surface area contributed by atoms with Crippen LogP contribution in [-0.4, -0.2) is 24.3 Å². The summed E-state index contributed by atoms with van der Waals surface area (Å²) in [7, 11) is 0. The molecule has 2 atom stereocenters. The van der Waals surface area contributed by atoms with Gasteiger partial charge in [0.05, 0.1) is 0 Å². The van der Waals surface area contributed by atoms with E-state index in [1.54, 1.807) is 0 Å². The first-order chi connectivity index (χ1) is 13.6. The number of ketones is 1. The second-order valence-corrected chi connectivity index (χ2v) is 9.81. The Balaban J connectivity index is 1.34. The molecule has 28 heavy (non-hydrogen) atoms. The monoisotopic (exact) mass is 381 g/mol. The molecular weight excluding hydrogens is 350 g/mol. The second-order valence-electron chi connectivity index (χ2n) is 9.81. The molecule has 0 amide bonds. The van der Waals surface area contributed by atoms with Gasteiger partial charge in [0.1, 0.15) is 17.9 Å². The van der Waals surface area contributed by atoms with Crippen molar-refractivity contribution in [3.63, 3.8) is 0 Å². The molecule has 4 heteroatoms. The zero-order valence-corrected chi connectivity index (χ0v) is 16.6. The summed E-state index contributed by atoms with van der Waals surface area (Å²) in [5.41, 5.74) is 0.798. The van der Waals surface area contributed by atoms with Crippen molar-refractivity contribution in [1.82, 2.24) is 5.32 Å². The number of hydrogen-bond donors (Lipinski definition) is 1. The zero-order chi connectivity index (χ0) is 19.1. The Hall–Kier alpha value is -1.68. The molecule has 1 aromatic carbocycles. The Morgan fingerprint density at radius 2 is 1.68 bits per heavy atom. The number of Topliss-reactive ketones (excluding diaryl/α,β-unsaturated/α-hetero) is 1. The molecule has 1 unspecified atom stereocenters. The fourth-order valence-corrected chi connectivity index (χ4v) is 6.84. The van der Waals surface area contributed by atoms with Crippen LogP contribution in [0.5, 0.6) is 0 Å². The number of rotatable bonds is 6. The molecule has 5 aliphatic rings. The van der Waals surface area contributed by atoms with Gasteiger partial charge in [-0.2, -0.15) is 0 Å². The minimum absolute atomic E-state index is 0.139. The average Bonchev–Trinajstić information content (AvgIpc) is 3.22. The number of esters is 1. The molecular formula is C24H31NO3. The van der Waals surface area contributed by atoms with Gasteiger partial charge in [-0.25, -0.2) is 0 Å². The Kier molecular flexibility index (Phi) is 4.78. The first-order valence-corrected chi connectivity index (χ1v) is 11.1. The van der Waals surface area contributed by atoms with Crippen LogP contribution in [0.2, 0.25) is 0 Å². The molecule has 0 aromatic heterocycles. The smallest absolute Gasteiger partial charge is 0.323 e. The molecule has 4 nitrogen and oxygen atoms in total. The van der Waals surface area contributed by atoms with Crippen molar-refractivity contribution in [2.75, 3.05) is 6.54 Å². The van der Waals surface area contributed by atoms with Gasteiger partial charge in [0.15, 0.2) is 0 Å². The van der Waals surface area contributed by atoms with Crippen molar-refractivity contribution in [3.8, 4) is 0 Å². The SMILES string of the molecule is O=C(OC(CC(=O)C12CC3CC(CC(C3)C1)C2)c1ccccc1)[C@@H]1CCCN1. The van der Waals surface area contributed by atoms with Gasteiger partial charge in [-0.15, -0.1) is 0 Å². The van der Waals surface area contributed by atoms with E-state index in [1.807, 2.05) is 30.3 Å². The maximum Gasteiger partial charge on any atom is 0.323 e. The third-order valence-electron chi connectivity index (χ3n) is 7.78. The van der Waals surface area contributed by atoms with Gasteiger partial charge in [0.25, 0.3) is 0 Å². The van der Waals surface area contributed by atoms with Crippen LogP contribution in [0.25, 0.3) is 0 Å². The van der Waals surface area contributed by atoms with Crippen LogP contribution in [0.4, 0.5) is 0 Å². The van der Waals surface area contributed by atoms with Gasteiger partial charge in [-0.3, -0.25) is 9.59 Å². The van der Waals surface area contributed by atoms with Gasteiger partial charge in [-0.1, -0.05) is 30.3 Å². The number of benzene rings is 1. The van der Waals surface area contributed by atoms with Crippen molar-refractivity contribution in [2.24, 2.45) is 23.2 Å². The molecule has 0 radical (unpaired) electrons. The summed E-state index contributed by atoms with van der Waals surface area (Å²) in [5.74, 6) is 2.37. The molecule has 4 aliphatic carbocycles. The lowest BCUT2D eigenvalue weighted by molar-refractivity contribution is -0.156. The lowest BCUT2D eigenvalue weighted by Gasteiger charge is -2.56. The van der Waals surface area contributed by atoms with Gasteiger partial charge in [-0.05, 0) is 81.2 Å². The van der Waals surface area contributed by atoms with Crippen LogP contribution in [0.3, 0.4) is 0 Å². The summed E-state index contributed by atoms with van der Waals surface area (Å²) in [6, 6.07) is 9.61. The minimum Gasteiger partial charge on any atom is -0.456 e. The molecule has 1 heterocycles. The van der Waals surface area contributed by atoms with Crippen LogP contribution in [-0.2, 0) is 14.3 Å². The molecule has 1 aromatic rings. The third-order valence-corrected chi connectivity index (χ3v) is 7.78. The Morgan fingerprint density at radius 1 is 1.04 bits per heavy atom. The van der Waals surface area contributed by atoms with Crippen molar-refractivity contribution in [2.45, 2.75) is 69.9 Å². The Morgan fingerprint density at radius 3 is 2.25 bits per heavy atom. The molecule has 4 saturated carbocycles. The lowest BCUT2D eigenvalue weighted by Crippen LogP contribution is -2.50. The van der Waals surface area contributed by atoms with Crippen molar-refractivity contribution >= 4 is 11.8 Å². The highest BCUT2D eigenvalue weighted by Gasteiger charge is 2.54. The fraction of sp³-hybridized carbons (Fsp3) is 0.667. The van der Waals surface area contributed by atoms with E-state index in [0.29, 0.717) is 12.2 Å². The highest BCUT2D eigenvalue weighted by molar-refractivity contribution is 5.86. The maximum absolute atomic E-state index is 13.6. The summed E-state index contributed by atoms with van der Waals surface area (Å²) in [4.78, 5) is 26.2. The van der Waals surface area contributed by atoms with Gasteiger partial charge < -0.3 is 10.1 Å². The zero-order valence-electron chi connectivity index (χ0n) is 16.6. The molecule has 1 N–H and O–H groups in total. The summed E-state index contributed by atoms with van der Waals surface area (Å²) >= 11 is 0. The van der Waals surface area contributed by atoms with Crippen LogP contribution in [0.1, 0.15) is 69.5 Å². The van der Waals surface area contributed by atoms with Crippen molar-refractivity contribution in [3.05, 3.63) is 35.9 Å². The normalized spacial score (nSPS) is 37.0. The van der Waals surface area contributed by atoms with E-state index in [-0.39, 0.29) is 17.4 Å². The fourth-order valence-electron chi connectivity index (χ4n) is 6.84. The predicted molar refractivity (Wildman–Crippen MR) is 107 cm³/mol. The minimum atomic E-state index is -0.461. The second kappa shape index (κ2) is 7.29. The van der Waals surface area contributed by atoms with Crippen LogP contribution in [0, 0.1) is 23.2 Å². The Labute approximate surface area is 167 Å². The average molecular weight is 382 g/mol. The number of nitrogens with one attached hydrogen (secondary N) is 1. The van der Waals surface area contributed by atoms with Gasteiger partial charge >= 0.3 is 5.97 Å². The molecule has 4 bridgehead atoms. The standard InChI is InChI=1S/C24H31NO3/c26-22(24-13-16-9-17(14-24)11-18(10-16)15-24)12-21(19-5-2-1-3-6-19)28-23(27)20-7-4-8-25-20/h1-3,5-6,16-18,20-21,25H,4,7-15H2/t16?,17?,18?,20-,21?,24?/m0/s1. The van der Waals surface area contributed by atoms with E-state index < -0.39 is 6.10 Å². The van der Waals surface area contributed by atoms with Gasteiger partial charge in [0, 0.05) is 11.8 Å². The van der Waals surface area contributed by atoms with Crippen LogP contribution >= 0.6 is 0 Å². The van der Waals surface area contributed by atoms with E-state index in [9.17, 15) is 9.59 Å². The number of carbonyl (C=O) groups excluding carboxylic acids is 2. The van der Waals surface area contributed by atoms with Crippen molar-refractivity contribution < 1.29 is 14.3 Å². The van der Waals surface area contributed by atoms with Gasteiger partial charge in [0.2, 0.25) is 0 Å². The van der Waals surface area contributed by atoms with E-state index in [4.69, 9.17) is 4.74 Å². The van der Waals surface area contributed by atoms with Crippen LogP contribution < -0.4 is 5.32 Å². The van der Waals surface area contributed by atoms with E-state index in [2.05, 4.69) is 5.32 Å². The summed E-state index contributed by atoms with van der Waals surface area (Å²) < 4.78 is 5.93. The lowest BCUT2D eigenvalue weighted by atomic mass is 9.48. The Bertz CT molecular complexity index is 702. The van der Waals surface area contributed by atoms with E-state index in [0.717, 1.165) is 62.0 Å². The molecule has 150 valence electrons. The summed E-state index contributed by atoms with van der Waals surface area (Å²) in [5, 5.41) is 3.22. The highest BCUT2D eigenvalue weighted by atomic mass is 16.5. The molecule has 5 fully saturated rings. The summed E-state index contributed by atoms with van der Waals surface area (Å²) in [6.45, 7) is 0.863. The molecule has 0 spiro atoms. The van der Waals surface area contributed by atoms with Crippen molar-refractivity contribution in [1.29, 1.82) is 0 Å². The molecule has 1 aliphatic heterocycles. The van der Waals surface area contributed by atoms with Crippen LogP contribution in [0.15, 0.2) is 30.3 Å².